The largest absolute Gasteiger partial charge is 0.469 e. The lowest BCUT2D eigenvalue weighted by molar-refractivity contribution is -0.206. The van der Waals surface area contributed by atoms with Crippen LogP contribution in [0.25, 0.3) is 0 Å². The predicted octanol–water partition coefficient (Wildman–Crippen LogP) is 0.993. The normalized spacial score (nSPS) is 21.9. The highest BCUT2D eigenvalue weighted by Gasteiger charge is 2.28. The van der Waals surface area contributed by atoms with E-state index in [1.54, 1.807) is 5.06 Å². The van der Waals surface area contributed by atoms with E-state index < -0.39 is 5.41 Å². The molecule has 0 unspecified atom stereocenters. The van der Waals surface area contributed by atoms with Crippen LogP contribution in [0, 0.1) is 11.3 Å². The van der Waals surface area contributed by atoms with Gasteiger partial charge in [0.15, 0.2) is 0 Å². The number of ether oxygens (including phenoxy) is 1. The molecule has 7 heteroatoms. The van der Waals surface area contributed by atoms with Crippen LogP contribution in [0.4, 0.5) is 0 Å². The first-order chi connectivity index (χ1) is 11.8. The minimum atomic E-state index is -0.465. The maximum absolute atomic E-state index is 11.9. The van der Waals surface area contributed by atoms with Crippen molar-refractivity contribution in [3.05, 3.63) is 0 Å². The van der Waals surface area contributed by atoms with E-state index in [0.29, 0.717) is 0 Å². The molecule has 2 heterocycles. The van der Waals surface area contributed by atoms with Gasteiger partial charge < -0.3 is 14.5 Å². The lowest BCUT2D eigenvalue weighted by Crippen LogP contribution is -2.50. The molecular weight excluding hydrogens is 322 g/mol. The lowest BCUT2D eigenvalue weighted by Gasteiger charge is -2.36. The summed E-state index contributed by atoms with van der Waals surface area (Å²) >= 11 is 0. The highest BCUT2D eigenvalue weighted by Crippen LogP contribution is 2.19. The Balaban J connectivity index is 1.62. The zero-order valence-corrected chi connectivity index (χ0v) is 16.1. The molecule has 144 valence electrons. The van der Waals surface area contributed by atoms with Gasteiger partial charge in [-0.25, -0.2) is 4.79 Å². The highest BCUT2D eigenvalue weighted by atomic mass is 16.7. The van der Waals surface area contributed by atoms with Crippen LogP contribution >= 0.6 is 0 Å². The van der Waals surface area contributed by atoms with Gasteiger partial charge in [-0.3, -0.25) is 9.69 Å². The monoisotopic (exact) mass is 355 g/mol. The van der Waals surface area contributed by atoms with Gasteiger partial charge in [-0.15, -0.1) is 5.06 Å². The van der Waals surface area contributed by atoms with Crippen molar-refractivity contribution in [2.45, 2.75) is 33.6 Å². The summed E-state index contributed by atoms with van der Waals surface area (Å²) in [7, 11) is 1.47. The Hall–Kier alpha value is -1.18. The molecule has 0 aromatic carbocycles. The molecule has 0 aromatic rings. The number of hydrogen-bond donors (Lipinski definition) is 0. The van der Waals surface area contributed by atoms with Gasteiger partial charge in [-0.05, 0) is 46.7 Å². The summed E-state index contributed by atoms with van der Waals surface area (Å²) in [6.45, 7) is 12.9. The first-order valence-electron chi connectivity index (χ1n) is 9.29. The van der Waals surface area contributed by atoms with Crippen molar-refractivity contribution in [2.75, 3.05) is 59.5 Å². The zero-order chi connectivity index (χ0) is 18.4. The fourth-order valence-electron chi connectivity index (χ4n) is 3.14. The van der Waals surface area contributed by atoms with Crippen LogP contribution in [0.15, 0.2) is 0 Å². The molecule has 0 saturated carbocycles. The Morgan fingerprint density at radius 1 is 0.920 bits per heavy atom. The molecule has 2 fully saturated rings. The molecule has 0 amide bonds. The summed E-state index contributed by atoms with van der Waals surface area (Å²) in [6, 6.07) is 0. The van der Waals surface area contributed by atoms with Crippen LogP contribution in [0.5, 0.6) is 0 Å². The number of methoxy groups -OCH3 is 1. The zero-order valence-electron chi connectivity index (χ0n) is 16.1. The highest BCUT2D eigenvalue weighted by molar-refractivity contribution is 5.75. The second-order valence-electron chi connectivity index (χ2n) is 8.04. The average Bonchev–Trinajstić information content (AvgIpc) is 2.60. The van der Waals surface area contributed by atoms with Gasteiger partial charge in [0.25, 0.3) is 0 Å². The molecule has 0 N–H and O–H groups in total. The van der Waals surface area contributed by atoms with Crippen molar-refractivity contribution in [2.24, 2.45) is 11.3 Å². The van der Waals surface area contributed by atoms with Gasteiger partial charge in [0.2, 0.25) is 0 Å². The summed E-state index contributed by atoms with van der Waals surface area (Å²) in [5, 5.41) is 1.78. The Kier molecular flexibility index (Phi) is 7.22. The van der Waals surface area contributed by atoms with E-state index in [4.69, 9.17) is 9.57 Å². The van der Waals surface area contributed by atoms with Gasteiger partial charge in [-0.1, -0.05) is 0 Å². The van der Waals surface area contributed by atoms with E-state index in [1.165, 1.54) is 7.11 Å². The SMILES string of the molecule is COC(=O)C1CCN(CCN2CCN(OC(=O)C(C)(C)C)CC2)CC1. The fourth-order valence-corrected chi connectivity index (χ4v) is 3.14. The number of piperidine rings is 1. The fraction of sp³-hybridized carbons (Fsp3) is 0.889. The molecule has 0 aliphatic carbocycles. The number of carbonyl (C=O) groups is 2. The van der Waals surface area contributed by atoms with Crippen LogP contribution < -0.4 is 0 Å². The summed E-state index contributed by atoms with van der Waals surface area (Å²) < 4.78 is 4.83. The third-order valence-corrected chi connectivity index (χ3v) is 5.01. The van der Waals surface area contributed by atoms with Gasteiger partial charge in [0, 0.05) is 39.3 Å². The number of piperazine rings is 1. The molecule has 2 saturated heterocycles. The Bertz CT molecular complexity index is 448. The molecule has 2 aliphatic heterocycles. The number of nitrogens with zero attached hydrogens (tertiary/aromatic N) is 3. The smallest absolute Gasteiger partial charge is 0.330 e. The maximum Gasteiger partial charge on any atom is 0.330 e. The first-order valence-corrected chi connectivity index (χ1v) is 9.29. The van der Waals surface area contributed by atoms with E-state index in [1.807, 2.05) is 20.8 Å². The Morgan fingerprint density at radius 2 is 1.44 bits per heavy atom. The quantitative estimate of drug-likeness (QED) is 0.682. The van der Waals surface area contributed by atoms with Crippen molar-refractivity contribution >= 4 is 11.9 Å². The van der Waals surface area contributed by atoms with Crippen molar-refractivity contribution in [1.29, 1.82) is 0 Å². The molecule has 0 radical (unpaired) electrons. The summed E-state index contributed by atoms with van der Waals surface area (Å²) in [6.07, 6.45) is 1.78. The van der Waals surface area contributed by atoms with Gasteiger partial charge in [-0.2, -0.15) is 0 Å². The molecule has 2 rings (SSSR count). The minimum absolute atomic E-state index is 0.0689. The number of likely N-dealkylation sites (tertiary alicyclic amines) is 1. The van der Waals surface area contributed by atoms with Crippen LogP contribution in [-0.2, 0) is 19.2 Å². The predicted molar refractivity (Wildman–Crippen MR) is 94.7 cm³/mol. The number of carbonyl (C=O) groups excluding carboxylic acids is 2. The molecule has 2 aliphatic rings. The van der Waals surface area contributed by atoms with Crippen LogP contribution in [0.1, 0.15) is 33.6 Å². The van der Waals surface area contributed by atoms with E-state index in [2.05, 4.69) is 9.80 Å². The summed E-state index contributed by atoms with van der Waals surface area (Å²) in [5.41, 5.74) is -0.465. The molecule has 7 nitrogen and oxygen atoms in total. The molecular formula is C18H33N3O4. The molecule has 0 bridgehead atoms. The molecule has 0 spiro atoms. The lowest BCUT2D eigenvalue weighted by atomic mass is 9.97. The van der Waals surface area contributed by atoms with Gasteiger partial charge in [0.05, 0.1) is 18.4 Å². The standard InChI is InChI=1S/C18H33N3O4/c1-18(2,3)17(23)25-21-13-11-20(12-14-21)10-9-19-7-5-15(6-8-19)16(22)24-4/h15H,5-14H2,1-4H3. The summed E-state index contributed by atoms with van der Waals surface area (Å²) in [5.74, 6) is -0.169. The van der Waals surface area contributed by atoms with Crippen molar-refractivity contribution in [1.82, 2.24) is 14.9 Å². The first kappa shape index (κ1) is 20.1. The average molecular weight is 355 g/mol. The second-order valence-corrected chi connectivity index (χ2v) is 8.04. The van der Waals surface area contributed by atoms with Gasteiger partial charge in [0.1, 0.15) is 0 Å². The van der Waals surface area contributed by atoms with Crippen molar-refractivity contribution < 1.29 is 19.2 Å². The third-order valence-electron chi connectivity index (χ3n) is 5.01. The van der Waals surface area contributed by atoms with Crippen molar-refractivity contribution in [3.63, 3.8) is 0 Å². The van der Waals surface area contributed by atoms with Crippen LogP contribution in [0.2, 0.25) is 0 Å². The van der Waals surface area contributed by atoms with E-state index in [0.717, 1.165) is 65.2 Å². The number of rotatable bonds is 5. The van der Waals surface area contributed by atoms with Gasteiger partial charge >= 0.3 is 11.9 Å². The topological polar surface area (TPSA) is 62.3 Å². The number of esters is 1. The summed E-state index contributed by atoms with van der Waals surface area (Å²) in [4.78, 5) is 33.8. The molecule has 0 aromatic heterocycles. The Morgan fingerprint density at radius 3 is 1.92 bits per heavy atom. The second kappa shape index (κ2) is 8.96. The Labute approximate surface area is 151 Å². The van der Waals surface area contributed by atoms with E-state index in [9.17, 15) is 9.59 Å². The van der Waals surface area contributed by atoms with Crippen LogP contribution in [0.3, 0.4) is 0 Å². The number of hydroxylamine groups is 2. The molecule has 0 atom stereocenters. The van der Waals surface area contributed by atoms with E-state index in [-0.39, 0.29) is 17.9 Å². The van der Waals surface area contributed by atoms with Crippen molar-refractivity contribution in [3.8, 4) is 0 Å². The number of hydrogen-bond acceptors (Lipinski definition) is 7. The van der Waals surface area contributed by atoms with Crippen LogP contribution in [-0.4, -0.2) is 86.3 Å². The molecule has 25 heavy (non-hydrogen) atoms. The maximum atomic E-state index is 11.9. The minimum Gasteiger partial charge on any atom is -0.469 e. The third kappa shape index (κ3) is 6.24. The van der Waals surface area contributed by atoms with E-state index >= 15 is 0 Å².